The van der Waals surface area contributed by atoms with Crippen LogP contribution in [-0.2, 0) is 0 Å². The van der Waals surface area contributed by atoms with E-state index >= 15 is 0 Å². The maximum absolute atomic E-state index is 6.21. The van der Waals surface area contributed by atoms with Crippen molar-refractivity contribution in [3.05, 3.63) is 41.2 Å². The zero-order valence-corrected chi connectivity index (χ0v) is 16.2. The molecule has 2 aromatic heterocycles. The molecule has 0 radical (unpaired) electrons. The van der Waals surface area contributed by atoms with Gasteiger partial charge in [0, 0.05) is 24.4 Å². The molecule has 0 spiro atoms. The van der Waals surface area contributed by atoms with E-state index in [-0.39, 0.29) is 6.04 Å². The Morgan fingerprint density at radius 2 is 1.93 bits per heavy atom. The maximum Gasteiger partial charge on any atom is 0.147 e. The van der Waals surface area contributed by atoms with Crippen molar-refractivity contribution in [2.45, 2.75) is 19.4 Å². The Bertz CT molecular complexity index is 1070. The summed E-state index contributed by atoms with van der Waals surface area (Å²) in [6.45, 7) is 3.90. The Labute approximate surface area is 163 Å². The number of aromatic nitrogens is 3. The lowest BCUT2D eigenvalue weighted by atomic mass is 10.1. The molecule has 144 valence electrons. The van der Waals surface area contributed by atoms with Gasteiger partial charge in [-0.15, -0.1) is 0 Å². The fourth-order valence-corrected chi connectivity index (χ4v) is 3.56. The molecule has 1 aliphatic heterocycles. The summed E-state index contributed by atoms with van der Waals surface area (Å²) in [5.41, 5.74) is 9.67. The van der Waals surface area contributed by atoms with Crippen LogP contribution in [-0.4, -0.2) is 42.1 Å². The second kappa shape index (κ2) is 7.41. The lowest BCUT2D eigenvalue weighted by molar-refractivity contribution is 0.394. The summed E-state index contributed by atoms with van der Waals surface area (Å²) in [6, 6.07) is 5.83. The van der Waals surface area contributed by atoms with Crippen LogP contribution in [0.3, 0.4) is 0 Å². The highest BCUT2D eigenvalue weighted by atomic mass is 16.5. The van der Waals surface area contributed by atoms with Gasteiger partial charge in [-0.05, 0) is 43.5 Å². The van der Waals surface area contributed by atoms with E-state index in [9.17, 15) is 0 Å². The third-order valence-corrected chi connectivity index (χ3v) is 4.99. The highest BCUT2D eigenvalue weighted by Gasteiger charge is 2.23. The van der Waals surface area contributed by atoms with Gasteiger partial charge in [-0.2, -0.15) is 5.10 Å². The maximum atomic E-state index is 6.21. The molecule has 1 atom stereocenters. The van der Waals surface area contributed by atoms with E-state index < -0.39 is 0 Å². The SMILES string of the molecule is COc1cc(C#Cc2nn([C@H]3CCNC3)c3c(C)cnc(N)c23)cc(OC)c1. The first kappa shape index (κ1) is 18.1. The molecule has 28 heavy (non-hydrogen) atoms. The number of hydrogen-bond donors (Lipinski definition) is 2. The molecule has 0 amide bonds. The molecule has 3 N–H and O–H groups in total. The standard InChI is InChI=1S/C21H23N5O2/c1-13-11-24-21(22)19-18(25-26(20(13)19)15-6-7-23-12-15)5-4-14-8-16(27-2)10-17(9-14)28-3/h8-11,15,23H,6-7,12H2,1-3H3,(H2,22,24)/t15-/m0/s1. The third-order valence-electron chi connectivity index (χ3n) is 4.99. The van der Waals surface area contributed by atoms with Crippen LogP contribution < -0.4 is 20.5 Å². The Morgan fingerprint density at radius 3 is 2.57 bits per heavy atom. The van der Waals surface area contributed by atoms with Crippen molar-refractivity contribution in [1.29, 1.82) is 0 Å². The van der Waals surface area contributed by atoms with E-state index in [0.29, 0.717) is 23.0 Å². The third kappa shape index (κ3) is 3.23. The van der Waals surface area contributed by atoms with Gasteiger partial charge >= 0.3 is 0 Å². The molecule has 1 aromatic carbocycles. The highest BCUT2D eigenvalue weighted by Crippen LogP contribution is 2.30. The van der Waals surface area contributed by atoms with E-state index in [2.05, 4.69) is 26.8 Å². The fraction of sp³-hybridized carbons (Fsp3) is 0.333. The lowest BCUT2D eigenvalue weighted by Gasteiger charge is -2.11. The molecule has 7 heteroatoms. The van der Waals surface area contributed by atoms with Crippen molar-refractivity contribution < 1.29 is 9.47 Å². The minimum atomic E-state index is 0.287. The molecule has 1 saturated heterocycles. The summed E-state index contributed by atoms with van der Waals surface area (Å²) in [4.78, 5) is 4.32. The molecule has 1 aliphatic rings. The van der Waals surface area contributed by atoms with Gasteiger partial charge < -0.3 is 20.5 Å². The molecule has 3 heterocycles. The molecule has 0 bridgehead atoms. The number of fused-ring (bicyclic) bond motifs is 1. The van der Waals surface area contributed by atoms with Gasteiger partial charge in [-0.1, -0.05) is 5.92 Å². The van der Waals surface area contributed by atoms with Gasteiger partial charge in [0.1, 0.15) is 23.0 Å². The molecule has 0 unspecified atom stereocenters. The zero-order valence-electron chi connectivity index (χ0n) is 16.2. The van der Waals surface area contributed by atoms with E-state index in [1.54, 1.807) is 20.4 Å². The van der Waals surface area contributed by atoms with Crippen LogP contribution in [0.1, 0.15) is 29.3 Å². The van der Waals surface area contributed by atoms with Gasteiger partial charge in [0.05, 0.1) is 31.2 Å². The first-order chi connectivity index (χ1) is 13.6. The second-order valence-corrected chi connectivity index (χ2v) is 6.84. The van der Waals surface area contributed by atoms with Gasteiger partial charge in [0.25, 0.3) is 0 Å². The molecular formula is C21H23N5O2. The molecule has 0 aliphatic carbocycles. The van der Waals surface area contributed by atoms with Gasteiger partial charge in [0.15, 0.2) is 0 Å². The van der Waals surface area contributed by atoms with Crippen molar-refractivity contribution in [2.75, 3.05) is 33.0 Å². The van der Waals surface area contributed by atoms with E-state index in [4.69, 9.17) is 20.3 Å². The molecule has 1 fully saturated rings. The highest BCUT2D eigenvalue weighted by molar-refractivity contribution is 5.95. The number of anilines is 1. The minimum absolute atomic E-state index is 0.287. The van der Waals surface area contributed by atoms with Crippen molar-refractivity contribution in [3.8, 4) is 23.3 Å². The zero-order chi connectivity index (χ0) is 19.7. The number of pyridine rings is 1. The summed E-state index contributed by atoms with van der Waals surface area (Å²) in [6.07, 6.45) is 2.82. The topological polar surface area (TPSA) is 87.2 Å². The first-order valence-electron chi connectivity index (χ1n) is 9.19. The van der Waals surface area contributed by atoms with Crippen LogP contribution in [0, 0.1) is 18.8 Å². The predicted molar refractivity (Wildman–Crippen MR) is 109 cm³/mol. The molecular weight excluding hydrogens is 354 g/mol. The van der Waals surface area contributed by atoms with Crippen LogP contribution in [0.2, 0.25) is 0 Å². The van der Waals surface area contributed by atoms with Gasteiger partial charge in [-0.3, -0.25) is 4.68 Å². The Hall–Kier alpha value is -3.24. The quantitative estimate of drug-likeness (QED) is 0.681. The smallest absolute Gasteiger partial charge is 0.147 e. The summed E-state index contributed by atoms with van der Waals surface area (Å²) in [5, 5.41) is 9.02. The van der Waals surface area contributed by atoms with Crippen molar-refractivity contribution in [3.63, 3.8) is 0 Å². The summed E-state index contributed by atoms with van der Waals surface area (Å²) in [5.74, 6) is 8.18. The summed E-state index contributed by atoms with van der Waals surface area (Å²) < 4.78 is 12.7. The predicted octanol–water partition coefficient (Wildman–Crippen LogP) is 2.27. The van der Waals surface area contributed by atoms with Crippen molar-refractivity contribution in [2.24, 2.45) is 0 Å². The lowest BCUT2D eigenvalue weighted by Crippen LogP contribution is -2.15. The number of nitrogens with one attached hydrogen (secondary N) is 1. The number of benzene rings is 1. The van der Waals surface area contributed by atoms with Crippen LogP contribution >= 0.6 is 0 Å². The molecule has 0 saturated carbocycles. The number of nitrogens with zero attached hydrogens (tertiary/aromatic N) is 3. The van der Waals surface area contributed by atoms with Crippen LogP contribution in [0.15, 0.2) is 24.4 Å². The number of nitrogens with two attached hydrogens (primary N) is 1. The number of ether oxygens (including phenoxy) is 2. The van der Waals surface area contributed by atoms with Gasteiger partial charge in [-0.25, -0.2) is 4.98 Å². The molecule has 7 nitrogen and oxygen atoms in total. The molecule has 3 aromatic rings. The summed E-state index contributed by atoms with van der Waals surface area (Å²) >= 11 is 0. The number of nitrogen functional groups attached to an aromatic ring is 1. The van der Waals surface area contributed by atoms with Crippen LogP contribution in [0.4, 0.5) is 5.82 Å². The normalized spacial score (nSPS) is 16.0. The number of rotatable bonds is 3. The number of methoxy groups -OCH3 is 2. The van der Waals surface area contributed by atoms with E-state index in [0.717, 1.165) is 41.5 Å². The largest absolute Gasteiger partial charge is 0.497 e. The van der Waals surface area contributed by atoms with E-state index in [1.165, 1.54) is 0 Å². The van der Waals surface area contributed by atoms with Crippen LogP contribution in [0.5, 0.6) is 11.5 Å². The second-order valence-electron chi connectivity index (χ2n) is 6.84. The number of aryl methyl sites for hydroxylation is 1. The Kier molecular flexibility index (Phi) is 4.80. The Morgan fingerprint density at radius 1 is 1.18 bits per heavy atom. The Balaban J connectivity index is 1.85. The van der Waals surface area contributed by atoms with Crippen LogP contribution in [0.25, 0.3) is 10.9 Å². The monoisotopic (exact) mass is 377 g/mol. The fourth-order valence-electron chi connectivity index (χ4n) is 3.56. The van der Waals surface area contributed by atoms with Crippen molar-refractivity contribution >= 4 is 16.7 Å². The minimum Gasteiger partial charge on any atom is -0.497 e. The van der Waals surface area contributed by atoms with Gasteiger partial charge in [0.2, 0.25) is 0 Å². The average molecular weight is 377 g/mol. The van der Waals surface area contributed by atoms with E-state index in [1.807, 2.05) is 25.1 Å². The number of hydrogen-bond acceptors (Lipinski definition) is 6. The molecule has 4 rings (SSSR count). The first-order valence-corrected chi connectivity index (χ1v) is 9.19. The summed E-state index contributed by atoms with van der Waals surface area (Å²) in [7, 11) is 3.23. The van der Waals surface area contributed by atoms with Crippen molar-refractivity contribution in [1.82, 2.24) is 20.1 Å². The average Bonchev–Trinajstić information content (AvgIpc) is 3.37.